The van der Waals surface area contributed by atoms with Crippen molar-refractivity contribution >= 4 is 21.8 Å². The van der Waals surface area contributed by atoms with Crippen LogP contribution in [0.2, 0.25) is 0 Å². The molecule has 0 spiro atoms. The summed E-state index contributed by atoms with van der Waals surface area (Å²) in [6.07, 6.45) is -3.84. The topological polar surface area (TPSA) is 38.3 Å². The lowest BCUT2D eigenvalue weighted by atomic mass is 10.1. The van der Waals surface area contributed by atoms with Gasteiger partial charge >= 0.3 is 6.18 Å². The van der Waals surface area contributed by atoms with Crippen LogP contribution in [0.4, 0.5) is 13.2 Å². The van der Waals surface area contributed by atoms with Gasteiger partial charge in [0.1, 0.15) is 0 Å². The van der Waals surface area contributed by atoms with Gasteiger partial charge in [-0.25, -0.2) is 0 Å². The Morgan fingerprint density at radius 3 is 2.70 bits per heavy atom. The summed E-state index contributed by atoms with van der Waals surface area (Å²) in [6, 6.07) is 4.35. The van der Waals surface area contributed by atoms with Crippen LogP contribution < -0.4 is 5.32 Å². The number of rotatable bonds is 7. The first-order chi connectivity index (χ1) is 9.45. The van der Waals surface area contributed by atoms with Crippen molar-refractivity contribution in [1.29, 1.82) is 0 Å². The van der Waals surface area contributed by atoms with Gasteiger partial charge in [0.05, 0.1) is 12.2 Å². The number of hydrogen-bond acceptors (Lipinski definition) is 2. The third kappa shape index (κ3) is 5.92. The highest BCUT2D eigenvalue weighted by Gasteiger charge is 2.30. The maximum atomic E-state index is 12.5. The van der Waals surface area contributed by atoms with E-state index in [1.54, 1.807) is 0 Å². The molecule has 7 heteroatoms. The van der Waals surface area contributed by atoms with Gasteiger partial charge in [0, 0.05) is 24.0 Å². The van der Waals surface area contributed by atoms with E-state index in [0.29, 0.717) is 26.2 Å². The van der Waals surface area contributed by atoms with Gasteiger partial charge < -0.3 is 10.1 Å². The van der Waals surface area contributed by atoms with Crippen LogP contribution in [-0.2, 0) is 10.9 Å². The van der Waals surface area contributed by atoms with Crippen molar-refractivity contribution in [2.24, 2.45) is 0 Å². The predicted octanol–water partition coefficient (Wildman–Crippen LogP) is 3.24. The first-order valence-corrected chi connectivity index (χ1v) is 7.16. The Hall–Kier alpha value is -1.08. The molecule has 0 heterocycles. The monoisotopic (exact) mass is 353 g/mol. The quantitative estimate of drug-likeness (QED) is 0.603. The molecule has 1 aromatic rings. The standard InChI is InChI=1S/C13H15BrF3NO2/c14-5-8-20-7-2-6-18-12(19)10-3-1-4-11(9-10)13(15,16)17/h1,3-4,9H,2,5-8H2,(H,18,19). The van der Waals surface area contributed by atoms with Crippen molar-refractivity contribution in [3.8, 4) is 0 Å². The van der Waals surface area contributed by atoms with Crippen LogP contribution in [0.5, 0.6) is 0 Å². The highest BCUT2D eigenvalue weighted by molar-refractivity contribution is 9.09. The molecule has 0 saturated heterocycles. The minimum Gasteiger partial charge on any atom is -0.381 e. The van der Waals surface area contributed by atoms with E-state index in [0.717, 1.165) is 17.5 Å². The van der Waals surface area contributed by atoms with Crippen LogP contribution in [0.1, 0.15) is 22.3 Å². The zero-order valence-corrected chi connectivity index (χ0v) is 12.3. The second kappa shape index (κ2) is 8.26. The molecular formula is C13H15BrF3NO2. The number of halogens is 4. The van der Waals surface area contributed by atoms with Gasteiger partial charge in [-0.05, 0) is 24.6 Å². The molecule has 1 rings (SSSR count). The molecule has 0 atom stereocenters. The first kappa shape index (κ1) is 17.0. The number of alkyl halides is 4. The molecule has 0 aromatic heterocycles. The highest BCUT2D eigenvalue weighted by atomic mass is 79.9. The van der Waals surface area contributed by atoms with Crippen molar-refractivity contribution in [2.45, 2.75) is 12.6 Å². The molecule has 1 aromatic carbocycles. The molecule has 0 aliphatic carbocycles. The van der Waals surface area contributed by atoms with Crippen molar-refractivity contribution in [1.82, 2.24) is 5.32 Å². The van der Waals surface area contributed by atoms with E-state index in [-0.39, 0.29) is 5.56 Å². The Bertz CT molecular complexity index is 438. The fourth-order valence-electron chi connectivity index (χ4n) is 1.47. The molecule has 0 saturated carbocycles. The normalized spacial score (nSPS) is 11.4. The lowest BCUT2D eigenvalue weighted by molar-refractivity contribution is -0.137. The second-order valence-electron chi connectivity index (χ2n) is 3.99. The molecule has 0 radical (unpaired) electrons. The summed E-state index contributed by atoms with van der Waals surface area (Å²) in [5.41, 5.74) is -0.827. The second-order valence-corrected chi connectivity index (χ2v) is 4.78. The molecule has 3 nitrogen and oxygen atoms in total. The largest absolute Gasteiger partial charge is 0.416 e. The number of amides is 1. The minimum atomic E-state index is -4.44. The van der Waals surface area contributed by atoms with Gasteiger partial charge in [-0.1, -0.05) is 22.0 Å². The van der Waals surface area contributed by atoms with Crippen LogP contribution in [-0.4, -0.2) is 31.0 Å². The summed E-state index contributed by atoms with van der Waals surface area (Å²) in [4.78, 5) is 11.7. The van der Waals surface area contributed by atoms with Crippen LogP contribution in [0.3, 0.4) is 0 Å². The Morgan fingerprint density at radius 2 is 2.05 bits per heavy atom. The number of carbonyl (C=O) groups excluding carboxylic acids is 1. The summed E-state index contributed by atoms with van der Waals surface area (Å²) in [5.74, 6) is -0.517. The molecule has 0 aliphatic heterocycles. The van der Waals surface area contributed by atoms with E-state index < -0.39 is 17.6 Å². The van der Waals surface area contributed by atoms with Crippen molar-refractivity contribution < 1.29 is 22.7 Å². The molecule has 1 N–H and O–H groups in total. The minimum absolute atomic E-state index is 0.00111. The number of carbonyl (C=O) groups is 1. The molecule has 0 unspecified atom stereocenters. The SMILES string of the molecule is O=C(NCCCOCCBr)c1cccc(C(F)(F)F)c1. The number of nitrogens with one attached hydrogen (secondary N) is 1. The van der Waals surface area contributed by atoms with Gasteiger partial charge in [-0.2, -0.15) is 13.2 Å². The molecule has 112 valence electrons. The third-order valence-corrected chi connectivity index (χ3v) is 2.75. The van der Waals surface area contributed by atoms with E-state index in [4.69, 9.17) is 4.74 Å². The Kier molecular flexibility index (Phi) is 7.01. The Balaban J connectivity index is 2.44. The summed E-state index contributed by atoms with van der Waals surface area (Å²) in [7, 11) is 0. The van der Waals surface area contributed by atoms with Gasteiger partial charge in [-0.3, -0.25) is 4.79 Å². The maximum Gasteiger partial charge on any atom is 0.416 e. The lowest BCUT2D eigenvalue weighted by Crippen LogP contribution is -2.25. The number of hydrogen-bond donors (Lipinski definition) is 1. The molecule has 0 aliphatic rings. The van der Waals surface area contributed by atoms with E-state index in [1.807, 2.05) is 0 Å². The summed E-state index contributed by atoms with van der Waals surface area (Å²) >= 11 is 3.21. The number of ether oxygens (including phenoxy) is 1. The Labute approximate surface area is 123 Å². The molecule has 0 fully saturated rings. The van der Waals surface area contributed by atoms with Gasteiger partial charge in [0.15, 0.2) is 0 Å². The zero-order valence-electron chi connectivity index (χ0n) is 10.7. The van der Waals surface area contributed by atoms with Gasteiger partial charge in [0.25, 0.3) is 5.91 Å². The predicted molar refractivity (Wildman–Crippen MR) is 73.0 cm³/mol. The third-order valence-electron chi connectivity index (χ3n) is 2.42. The average Bonchev–Trinajstić information content (AvgIpc) is 2.41. The van der Waals surface area contributed by atoms with Crippen LogP contribution in [0.15, 0.2) is 24.3 Å². The van der Waals surface area contributed by atoms with Crippen molar-refractivity contribution in [3.05, 3.63) is 35.4 Å². The fraction of sp³-hybridized carbons (Fsp3) is 0.462. The van der Waals surface area contributed by atoms with Crippen molar-refractivity contribution in [3.63, 3.8) is 0 Å². The molecular weight excluding hydrogens is 339 g/mol. The Morgan fingerprint density at radius 1 is 1.30 bits per heavy atom. The van der Waals surface area contributed by atoms with Gasteiger partial charge in [0.2, 0.25) is 0 Å². The molecule has 1 amide bonds. The smallest absolute Gasteiger partial charge is 0.381 e. The van der Waals surface area contributed by atoms with E-state index in [9.17, 15) is 18.0 Å². The lowest BCUT2D eigenvalue weighted by Gasteiger charge is -2.09. The van der Waals surface area contributed by atoms with E-state index in [1.165, 1.54) is 12.1 Å². The van der Waals surface area contributed by atoms with Gasteiger partial charge in [-0.15, -0.1) is 0 Å². The average molecular weight is 354 g/mol. The first-order valence-electron chi connectivity index (χ1n) is 6.04. The fourth-order valence-corrected chi connectivity index (χ4v) is 1.70. The summed E-state index contributed by atoms with van der Waals surface area (Å²) < 4.78 is 42.7. The summed E-state index contributed by atoms with van der Waals surface area (Å²) in [5, 5.41) is 3.30. The maximum absolute atomic E-state index is 12.5. The summed E-state index contributed by atoms with van der Waals surface area (Å²) in [6.45, 7) is 1.44. The number of benzene rings is 1. The van der Waals surface area contributed by atoms with Crippen LogP contribution >= 0.6 is 15.9 Å². The molecule has 20 heavy (non-hydrogen) atoms. The zero-order chi connectivity index (χ0) is 15.0. The highest BCUT2D eigenvalue weighted by Crippen LogP contribution is 2.29. The molecule has 0 bridgehead atoms. The van der Waals surface area contributed by atoms with E-state index in [2.05, 4.69) is 21.2 Å². The van der Waals surface area contributed by atoms with E-state index >= 15 is 0 Å². The van der Waals surface area contributed by atoms with Crippen molar-refractivity contribution in [2.75, 3.05) is 25.1 Å². The van der Waals surface area contributed by atoms with Crippen LogP contribution in [0, 0.1) is 0 Å². The van der Waals surface area contributed by atoms with Crippen LogP contribution in [0.25, 0.3) is 0 Å².